The Morgan fingerprint density at radius 3 is 2.42 bits per heavy atom. The summed E-state index contributed by atoms with van der Waals surface area (Å²) in [6.45, 7) is 0. The number of nitrogens with one attached hydrogen (secondary N) is 2. The zero-order valence-corrected chi connectivity index (χ0v) is 13.7. The maximum atomic E-state index is 12.3. The summed E-state index contributed by atoms with van der Waals surface area (Å²) in [6, 6.07) is 7.63. The third kappa shape index (κ3) is 4.41. The number of anilines is 1. The van der Waals surface area contributed by atoms with Gasteiger partial charge in [-0.2, -0.15) is 0 Å². The Labute approximate surface area is 147 Å². The van der Waals surface area contributed by atoms with Gasteiger partial charge in [0.05, 0.1) is 16.4 Å². The number of carbonyl (C=O) groups excluding carboxylic acids is 2. The summed E-state index contributed by atoms with van der Waals surface area (Å²) in [5.41, 5.74) is 5.58. The quantitative estimate of drug-likeness (QED) is 0.329. The number of carbonyl (C=O) groups is 2. The highest BCUT2D eigenvalue weighted by Gasteiger charge is 2.18. The average Bonchev–Trinajstić information content (AvgIpc) is 2.55. The Morgan fingerprint density at radius 2 is 1.83 bits per heavy atom. The molecule has 0 aliphatic rings. The molecule has 122 valence electrons. The van der Waals surface area contributed by atoms with Gasteiger partial charge in [0.25, 0.3) is 11.8 Å². The molecule has 0 atom stereocenters. The Hall–Kier alpha value is -2.70. The molecule has 0 saturated carbocycles. The molecule has 1 heterocycles. The van der Waals surface area contributed by atoms with Crippen molar-refractivity contribution in [1.82, 2.24) is 4.98 Å². The third-order valence-electron chi connectivity index (χ3n) is 2.97. The fourth-order valence-electron chi connectivity index (χ4n) is 1.79. The molecular weight excluding hydrogens is 351 g/mol. The van der Waals surface area contributed by atoms with E-state index in [1.807, 2.05) is 0 Å². The summed E-state index contributed by atoms with van der Waals surface area (Å²) in [7, 11) is 0. The van der Waals surface area contributed by atoms with Crippen molar-refractivity contribution < 1.29 is 9.59 Å². The molecule has 1 aromatic heterocycles. The molecule has 2 aromatic rings. The van der Waals surface area contributed by atoms with Crippen LogP contribution < -0.4 is 11.1 Å². The average molecular weight is 363 g/mol. The van der Waals surface area contributed by atoms with E-state index in [1.165, 1.54) is 30.6 Å². The minimum Gasteiger partial charge on any atom is -0.365 e. The van der Waals surface area contributed by atoms with E-state index in [2.05, 4.69) is 10.3 Å². The first-order valence-corrected chi connectivity index (χ1v) is 7.41. The van der Waals surface area contributed by atoms with Crippen LogP contribution in [-0.4, -0.2) is 22.5 Å². The molecule has 0 spiro atoms. The van der Waals surface area contributed by atoms with Crippen molar-refractivity contribution in [3.05, 3.63) is 70.0 Å². The van der Waals surface area contributed by atoms with Crippen LogP contribution in [0.5, 0.6) is 0 Å². The zero-order valence-electron chi connectivity index (χ0n) is 12.2. The topological polar surface area (TPSA) is 109 Å². The van der Waals surface area contributed by atoms with E-state index in [1.54, 1.807) is 12.1 Å². The number of hydrogen-bond acceptors (Lipinski definition) is 4. The maximum Gasteiger partial charge on any atom is 0.261 e. The van der Waals surface area contributed by atoms with E-state index in [0.29, 0.717) is 10.6 Å². The zero-order chi connectivity index (χ0) is 17.7. The molecule has 24 heavy (non-hydrogen) atoms. The maximum absolute atomic E-state index is 12.3. The molecule has 0 aliphatic carbocycles. The summed E-state index contributed by atoms with van der Waals surface area (Å²) in [4.78, 5) is 27.7. The number of allylic oxidation sites excluding steroid dienone is 1. The van der Waals surface area contributed by atoms with Crippen molar-refractivity contribution in [2.75, 3.05) is 5.32 Å². The number of amides is 2. The summed E-state index contributed by atoms with van der Waals surface area (Å²) < 4.78 is 0. The molecule has 6 nitrogen and oxygen atoms in total. The number of halogens is 2. The van der Waals surface area contributed by atoms with Gasteiger partial charge in [-0.15, -0.1) is 0 Å². The van der Waals surface area contributed by atoms with Crippen LogP contribution in [0.4, 0.5) is 5.69 Å². The summed E-state index contributed by atoms with van der Waals surface area (Å²) in [5, 5.41) is 11.0. The fourth-order valence-corrected chi connectivity index (χ4v) is 2.24. The van der Waals surface area contributed by atoms with Gasteiger partial charge in [0.1, 0.15) is 5.57 Å². The van der Waals surface area contributed by atoms with Crippen LogP contribution in [0.15, 0.2) is 54.4 Å². The Balaban J connectivity index is 2.27. The van der Waals surface area contributed by atoms with Crippen LogP contribution in [0.2, 0.25) is 10.0 Å². The molecule has 0 unspecified atom stereocenters. The number of nitrogens with zero attached hydrogens (tertiary/aromatic N) is 1. The van der Waals surface area contributed by atoms with Gasteiger partial charge in [-0.25, -0.2) is 0 Å². The number of hydrogen-bond donors (Lipinski definition) is 3. The number of aromatic nitrogens is 1. The van der Waals surface area contributed by atoms with Crippen LogP contribution in [0.25, 0.3) is 0 Å². The van der Waals surface area contributed by atoms with Crippen LogP contribution >= 0.6 is 23.2 Å². The van der Waals surface area contributed by atoms with Gasteiger partial charge in [-0.1, -0.05) is 23.2 Å². The van der Waals surface area contributed by atoms with Gasteiger partial charge >= 0.3 is 0 Å². The van der Waals surface area contributed by atoms with E-state index < -0.39 is 11.8 Å². The minimum atomic E-state index is -0.962. The molecule has 1 aromatic carbocycles. The third-order valence-corrected chi connectivity index (χ3v) is 3.52. The van der Waals surface area contributed by atoms with Crippen molar-refractivity contribution >= 4 is 46.4 Å². The number of nitrogens with two attached hydrogens (primary N) is 1. The van der Waals surface area contributed by atoms with Crippen LogP contribution in [0, 0.1) is 5.41 Å². The lowest BCUT2D eigenvalue weighted by Gasteiger charge is -2.09. The van der Waals surface area contributed by atoms with Crippen molar-refractivity contribution in [3.8, 4) is 0 Å². The van der Waals surface area contributed by atoms with Crippen molar-refractivity contribution in [3.63, 3.8) is 0 Å². The molecule has 0 saturated heterocycles. The Kier molecular flexibility index (Phi) is 5.68. The molecule has 2 amide bonds. The van der Waals surface area contributed by atoms with Crippen molar-refractivity contribution in [2.45, 2.75) is 0 Å². The van der Waals surface area contributed by atoms with Crippen LogP contribution in [0.3, 0.4) is 0 Å². The Bertz CT molecular complexity index is 835. The number of pyridine rings is 1. The molecule has 0 fully saturated rings. The second-order valence-electron chi connectivity index (χ2n) is 4.65. The molecule has 0 bridgehead atoms. The first-order valence-electron chi connectivity index (χ1n) is 6.65. The standard InChI is InChI=1S/C16H12Cl2N4O2/c17-10-1-2-14(12(18)7-10)22-16(24)11(15(20)23)8-13(19)9-3-5-21-6-4-9/h1-8,19H,(H2,20,23)(H,22,24). The van der Waals surface area contributed by atoms with Crippen molar-refractivity contribution in [2.24, 2.45) is 5.73 Å². The van der Waals surface area contributed by atoms with E-state index >= 15 is 0 Å². The Morgan fingerprint density at radius 1 is 1.17 bits per heavy atom. The lowest BCUT2D eigenvalue weighted by molar-refractivity contribution is -0.119. The van der Waals surface area contributed by atoms with Gasteiger partial charge in [0, 0.05) is 23.0 Å². The monoisotopic (exact) mass is 362 g/mol. The van der Waals surface area contributed by atoms with Gasteiger partial charge in [0.2, 0.25) is 0 Å². The molecular formula is C16H12Cl2N4O2. The second kappa shape index (κ2) is 7.72. The van der Waals surface area contributed by atoms with Crippen molar-refractivity contribution in [1.29, 1.82) is 5.41 Å². The van der Waals surface area contributed by atoms with Gasteiger partial charge in [-0.3, -0.25) is 14.6 Å². The van der Waals surface area contributed by atoms with Gasteiger partial charge < -0.3 is 16.5 Å². The normalized spacial score (nSPS) is 11.0. The number of benzene rings is 1. The molecule has 2 rings (SSSR count). The first kappa shape index (κ1) is 17.7. The molecule has 0 radical (unpaired) electrons. The SMILES string of the molecule is N=C(C=C(C(N)=O)C(=O)Nc1ccc(Cl)cc1Cl)c1ccncc1. The lowest BCUT2D eigenvalue weighted by atomic mass is 10.1. The minimum absolute atomic E-state index is 0.0523. The molecule has 4 N–H and O–H groups in total. The largest absolute Gasteiger partial charge is 0.365 e. The highest BCUT2D eigenvalue weighted by atomic mass is 35.5. The van der Waals surface area contributed by atoms with Gasteiger partial charge in [0.15, 0.2) is 0 Å². The highest BCUT2D eigenvalue weighted by Crippen LogP contribution is 2.25. The number of primary amides is 1. The first-order chi connectivity index (χ1) is 11.4. The second-order valence-corrected chi connectivity index (χ2v) is 5.49. The summed E-state index contributed by atoms with van der Waals surface area (Å²) in [6.07, 6.45) is 4.08. The fraction of sp³-hybridized carbons (Fsp3) is 0. The summed E-state index contributed by atoms with van der Waals surface area (Å²) in [5.74, 6) is -1.73. The smallest absolute Gasteiger partial charge is 0.261 e. The predicted molar refractivity (Wildman–Crippen MR) is 93.4 cm³/mol. The van der Waals surface area contributed by atoms with E-state index in [0.717, 1.165) is 6.08 Å². The van der Waals surface area contributed by atoms with E-state index in [4.69, 9.17) is 34.3 Å². The van der Waals surface area contributed by atoms with E-state index in [-0.39, 0.29) is 22.0 Å². The van der Waals surface area contributed by atoms with Crippen LogP contribution in [0.1, 0.15) is 5.56 Å². The lowest BCUT2D eigenvalue weighted by Crippen LogP contribution is -2.26. The summed E-state index contributed by atoms with van der Waals surface area (Å²) >= 11 is 11.8. The van der Waals surface area contributed by atoms with Gasteiger partial charge in [-0.05, 0) is 36.4 Å². The highest BCUT2D eigenvalue weighted by molar-refractivity contribution is 6.37. The van der Waals surface area contributed by atoms with E-state index in [9.17, 15) is 9.59 Å². The van der Waals surface area contributed by atoms with Crippen LogP contribution in [-0.2, 0) is 9.59 Å². The molecule has 8 heteroatoms. The molecule has 0 aliphatic heterocycles. The predicted octanol–water partition coefficient (Wildman–Crippen LogP) is 2.81. The number of rotatable bonds is 5.